The van der Waals surface area contributed by atoms with Crippen LogP contribution in [0.2, 0.25) is 0 Å². The second kappa shape index (κ2) is 6.52. The Bertz CT molecular complexity index is 611. The Kier molecular flexibility index (Phi) is 4.48. The number of carbonyl (C=O) groups is 1. The molecule has 0 atom stereocenters. The Morgan fingerprint density at radius 3 is 2.86 bits per heavy atom. The molecule has 2 aromatic heterocycles. The maximum absolute atomic E-state index is 12.1. The zero-order valence-corrected chi connectivity index (χ0v) is 13.2. The number of thiazole rings is 1. The molecule has 1 aliphatic rings. The summed E-state index contributed by atoms with van der Waals surface area (Å²) in [7, 11) is 0. The summed E-state index contributed by atoms with van der Waals surface area (Å²) >= 11 is 1.56. The SMILES string of the molecule is Cc1csc(CC(=O)Cc2ccn(C3CCCCC3)n2)n1. The largest absolute Gasteiger partial charge is 0.299 e. The summed E-state index contributed by atoms with van der Waals surface area (Å²) in [6, 6.07) is 2.52. The van der Waals surface area contributed by atoms with Crippen LogP contribution in [-0.4, -0.2) is 20.5 Å². The van der Waals surface area contributed by atoms with Gasteiger partial charge in [0.1, 0.15) is 10.8 Å². The lowest BCUT2D eigenvalue weighted by atomic mass is 9.96. The van der Waals surface area contributed by atoms with Gasteiger partial charge < -0.3 is 0 Å². The fourth-order valence-corrected chi connectivity index (χ4v) is 3.74. The molecule has 0 aromatic carbocycles. The van der Waals surface area contributed by atoms with Crippen molar-refractivity contribution in [3.05, 3.63) is 34.0 Å². The third-order valence-corrected chi connectivity index (χ3v) is 4.97. The van der Waals surface area contributed by atoms with E-state index in [9.17, 15) is 4.79 Å². The fourth-order valence-electron chi connectivity index (χ4n) is 2.94. The van der Waals surface area contributed by atoms with Crippen LogP contribution < -0.4 is 0 Å². The highest BCUT2D eigenvalue weighted by molar-refractivity contribution is 7.09. The molecule has 3 rings (SSSR count). The number of rotatable bonds is 5. The molecule has 0 unspecified atom stereocenters. The number of ketones is 1. The van der Waals surface area contributed by atoms with Gasteiger partial charge in [-0.2, -0.15) is 5.10 Å². The van der Waals surface area contributed by atoms with Crippen molar-refractivity contribution in [2.24, 2.45) is 0 Å². The predicted octanol–water partition coefficient (Wildman–Crippen LogP) is 3.51. The van der Waals surface area contributed by atoms with Crippen LogP contribution in [0.5, 0.6) is 0 Å². The van der Waals surface area contributed by atoms with Crippen molar-refractivity contribution in [2.45, 2.75) is 57.9 Å². The Labute approximate surface area is 129 Å². The molecule has 112 valence electrons. The van der Waals surface area contributed by atoms with Gasteiger partial charge in [0.05, 0.1) is 24.6 Å². The predicted molar refractivity (Wildman–Crippen MR) is 83.6 cm³/mol. The summed E-state index contributed by atoms with van der Waals surface area (Å²) < 4.78 is 2.06. The van der Waals surface area contributed by atoms with Gasteiger partial charge in [-0.25, -0.2) is 4.98 Å². The van der Waals surface area contributed by atoms with Crippen LogP contribution in [0.4, 0.5) is 0 Å². The van der Waals surface area contributed by atoms with Gasteiger partial charge in [0, 0.05) is 17.3 Å². The molecule has 5 heteroatoms. The van der Waals surface area contributed by atoms with E-state index in [1.807, 2.05) is 24.6 Å². The van der Waals surface area contributed by atoms with E-state index in [2.05, 4.69) is 14.8 Å². The molecule has 0 saturated heterocycles. The number of hydrogen-bond acceptors (Lipinski definition) is 4. The molecule has 1 saturated carbocycles. The Hall–Kier alpha value is -1.49. The summed E-state index contributed by atoms with van der Waals surface area (Å²) in [5.74, 6) is 0.193. The smallest absolute Gasteiger partial charge is 0.145 e. The van der Waals surface area contributed by atoms with Crippen molar-refractivity contribution in [1.29, 1.82) is 0 Å². The zero-order chi connectivity index (χ0) is 14.7. The van der Waals surface area contributed by atoms with E-state index in [0.717, 1.165) is 16.4 Å². The molecular weight excluding hydrogens is 282 g/mol. The zero-order valence-electron chi connectivity index (χ0n) is 12.4. The molecular formula is C16H21N3OS. The van der Waals surface area contributed by atoms with Gasteiger partial charge in [-0.3, -0.25) is 9.48 Å². The molecule has 0 N–H and O–H groups in total. The van der Waals surface area contributed by atoms with Crippen LogP contribution in [0.1, 0.15) is 54.5 Å². The van der Waals surface area contributed by atoms with Crippen molar-refractivity contribution < 1.29 is 4.79 Å². The maximum atomic E-state index is 12.1. The third-order valence-electron chi connectivity index (χ3n) is 4.01. The highest BCUT2D eigenvalue weighted by atomic mass is 32.1. The Morgan fingerprint density at radius 1 is 1.33 bits per heavy atom. The number of carbonyl (C=O) groups excluding carboxylic acids is 1. The lowest BCUT2D eigenvalue weighted by Gasteiger charge is -2.21. The van der Waals surface area contributed by atoms with Crippen LogP contribution in [-0.2, 0) is 17.6 Å². The molecule has 0 radical (unpaired) electrons. The Balaban J connectivity index is 1.57. The van der Waals surface area contributed by atoms with Crippen LogP contribution in [0.3, 0.4) is 0 Å². The summed E-state index contributed by atoms with van der Waals surface area (Å²) in [6.07, 6.45) is 9.24. The standard InChI is InChI=1S/C16H21N3OS/c1-12-11-21-16(17-12)10-15(20)9-13-7-8-19(18-13)14-5-3-2-4-6-14/h7-8,11,14H,2-6,9-10H2,1H3. The summed E-state index contributed by atoms with van der Waals surface area (Å²) in [5, 5.41) is 7.49. The average Bonchev–Trinajstić information content (AvgIpc) is 3.09. The van der Waals surface area contributed by atoms with E-state index in [0.29, 0.717) is 18.9 Å². The summed E-state index contributed by atoms with van der Waals surface area (Å²) in [4.78, 5) is 16.4. The third kappa shape index (κ3) is 3.79. The van der Waals surface area contributed by atoms with Gasteiger partial charge in [-0.1, -0.05) is 19.3 Å². The first-order chi connectivity index (χ1) is 10.2. The number of nitrogens with zero attached hydrogens (tertiary/aromatic N) is 3. The first kappa shape index (κ1) is 14.4. The van der Waals surface area contributed by atoms with Gasteiger partial charge in [-0.15, -0.1) is 11.3 Å². The summed E-state index contributed by atoms with van der Waals surface area (Å²) in [6.45, 7) is 1.95. The number of Topliss-reactive ketones (excluding diaryl/α,β-unsaturated/α-hetero) is 1. The van der Waals surface area contributed by atoms with E-state index in [-0.39, 0.29) is 5.78 Å². The van der Waals surface area contributed by atoms with Gasteiger partial charge in [0.2, 0.25) is 0 Å². The van der Waals surface area contributed by atoms with Crippen molar-refractivity contribution in [3.63, 3.8) is 0 Å². The van der Waals surface area contributed by atoms with Crippen LogP contribution >= 0.6 is 11.3 Å². The monoisotopic (exact) mass is 303 g/mol. The van der Waals surface area contributed by atoms with Crippen molar-refractivity contribution in [1.82, 2.24) is 14.8 Å². The Morgan fingerprint density at radius 2 is 2.14 bits per heavy atom. The summed E-state index contributed by atoms with van der Waals surface area (Å²) in [5.41, 5.74) is 1.88. The molecule has 21 heavy (non-hydrogen) atoms. The van der Waals surface area contributed by atoms with E-state index >= 15 is 0 Å². The fraction of sp³-hybridized carbons (Fsp3) is 0.562. The van der Waals surface area contributed by atoms with E-state index in [1.54, 1.807) is 11.3 Å². The number of aryl methyl sites for hydroxylation is 1. The van der Waals surface area contributed by atoms with Crippen LogP contribution in [0.15, 0.2) is 17.6 Å². The van der Waals surface area contributed by atoms with Gasteiger partial charge >= 0.3 is 0 Å². The first-order valence-corrected chi connectivity index (χ1v) is 8.55. The van der Waals surface area contributed by atoms with E-state index in [4.69, 9.17) is 0 Å². The van der Waals surface area contributed by atoms with Crippen LogP contribution in [0.25, 0.3) is 0 Å². The molecule has 2 heterocycles. The minimum Gasteiger partial charge on any atom is -0.299 e. The number of aromatic nitrogens is 3. The van der Waals surface area contributed by atoms with Crippen molar-refractivity contribution in [2.75, 3.05) is 0 Å². The lowest BCUT2D eigenvalue weighted by molar-refractivity contribution is -0.117. The molecule has 2 aromatic rings. The van der Waals surface area contributed by atoms with Gasteiger partial charge in [0.15, 0.2) is 0 Å². The average molecular weight is 303 g/mol. The minimum absolute atomic E-state index is 0.193. The second-order valence-corrected chi connectivity index (χ2v) is 6.80. The van der Waals surface area contributed by atoms with Crippen molar-refractivity contribution >= 4 is 17.1 Å². The van der Waals surface area contributed by atoms with E-state index in [1.165, 1.54) is 32.1 Å². The lowest BCUT2D eigenvalue weighted by Crippen LogP contribution is -2.14. The molecule has 0 bridgehead atoms. The minimum atomic E-state index is 0.193. The number of hydrogen-bond donors (Lipinski definition) is 0. The normalized spacial score (nSPS) is 16.2. The molecule has 1 aliphatic carbocycles. The van der Waals surface area contributed by atoms with Crippen LogP contribution in [0, 0.1) is 6.92 Å². The van der Waals surface area contributed by atoms with Gasteiger partial charge in [0.25, 0.3) is 0 Å². The quantitative estimate of drug-likeness (QED) is 0.849. The second-order valence-electron chi connectivity index (χ2n) is 5.85. The maximum Gasteiger partial charge on any atom is 0.145 e. The molecule has 4 nitrogen and oxygen atoms in total. The van der Waals surface area contributed by atoms with Crippen molar-refractivity contribution in [3.8, 4) is 0 Å². The molecule has 1 fully saturated rings. The topological polar surface area (TPSA) is 47.8 Å². The molecule has 0 spiro atoms. The highest BCUT2D eigenvalue weighted by Crippen LogP contribution is 2.27. The van der Waals surface area contributed by atoms with E-state index < -0.39 is 0 Å². The van der Waals surface area contributed by atoms with Gasteiger partial charge in [-0.05, 0) is 25.8 Å². The molecule has 0 amide bonds. The molecule has 0 aliphatic heterocycles. The highest BCUT2D eigenvalue weighted by Gasteiger charge is 2.17. The first-order valence-electron chi connectivity index (χ1n) is 7.67.